The number of hydrogen-bond acceptors (Lipinski definition) is 1. The van der Waals surface area contributed by atoms with E-state index < -0.39 is 23.2 Å². The Labute approximate surface area is 153 Å². The summed E-state index contributed by atoms with van der Waals surface area (Å²) in [6.07, 6.45) is -4.61. The van der Waals surface area contributed by atoms with Gasteiger partial charge in [-0.3, -0.25) is 4.79 Å². The number of benzene rings is 3. The molecule has 0 spiro atoms. The molecule has 0 unspecified atom stereocenters. The molecule has 6 heteroatoms. The summed E-state index contributed by atoms with van der Waals surface area (Å²) in [6, 6.07) is 18.5. The van der Waals surface area contributed by atoms with E-state index >= 15 is 0 Å². The van der Waals surface area contributed by atoms with E-state index in [1.165, 1.54) is 12.1 Å². The van der Waals surface area contributed by atoms with E-state index in [-0.39, 0.29) is 0 Å². The molecule has 26 heavy (non-hydrogen) atoms. The quantitative estimate of drug-likeness (QED) is 0.573. The number of carbonyl (C=O) groups excluding carboxylic acids is 1. The van der Waals surface area contributed by atoms with Crippen molar-refractivity contribution in [2.24, 2.45) is 0 Å². The zero-order valence-electron chi connectivity index (χ0n) is 13.3. The van der Waals surface area contributed by atoms with Gasteiger partial charge in [-0.2, -0.15) is 13.2 Å². The third kappa shape index (κ3) is 3.89. The summed E-state index contributed by atoms with van der Waals surface area (Å²) in [5.74, 6) is -0.820. The number of nitrogens with one attached hydrogen (secondary N) is 1. The van der Waals surface area contributed by atoms with E-state index in [4.69, 9.17) is 11.6 Å². The minimum Gasteiger partial charge on any atom is -0.321 e. The molecule has 2 nitrogen and oxygen atoms in total. The van der Waals surface area contributed by atoms with Gasteiger partial charge in [-0.25, -0.2) is 0 Å². The molecule has 0 heterocycles. The maximum Gasteiger partial charge on any atom is 0.417 e. The molecule has 0 aliphatic rings. The number of hydrogen-bond donors (Lipinski definition) is 1. The molecule has 132 valence electrons. The van der Waals surface area contributed by atoms with Crippen molar-refractivity contribution in [3.05, 3.63) is 88.9 Å². The molecule has 0 saturated carbocycles. The molecule has 3 aromatic rings. The van der Waals surface area contributed by atoms with Crippen LogP contribution in [0.1, 0.15) is 15.9 Å². The molecule has 0 aromatic heterocycles. The molecule has 0 aliphatic carbocycles. The first kappa shape index (κ1) is 18.0. The lowest BCUT2D eigenvalue weighted by Crippen LogP contribution is -2.18. The normalized spacial score (nSPS) is 11.2. The summed E-state index contributed by atoms with van der Waals surface area (Å²) < 4.78 is 39.4. The molecule has 3 aromatic carbocycles. The third-order valence-electron chi connectivity index (χ3n) is 3.81. The van der Waals surface area contributed by atoms with Gasteiger partial charge in [-0.05, 0) is 35.9 Å². The summed E-state index contributed by atoms with van der Waals surface area (Å²) in [5, 5.41) is 3.14. The second-order valence-electron chi connectivity index (χ2n) is 5.55. The molecule has 1 N–H and O–H groups in total. The molecule has 0 fully saturated rings. The van der Waals surface area contributed by atoms with Gasteiger partial charge in [-0.15, -0.1) is 0 Å². The Bertz CT molecular complexity index is 936. The van der Waals surface area contributed by atoms with Crippen molar-refractivity contribution < 1.29 is 18.0 Å². The van der Waals surface area contributed by atoms with Gasteiger partial charge in [0.1, 0.15) is 0 Å². The summed E-state index contributed by atoms with van der Waals surface area (Å²) in [7, 11) is 0. The molecule has 0 saturated heterocycles. The Morgan fingerprint density at radius 1 is 0.846 bits per heavy atom. The summed E-state index contributed by atoms with van der Waals surface area (Å²) in [6.45, 7) is 0. The van der Waals surface area contributed by atoms with E-state index in [1.54, 1.807) is 48.5 Å². The number of para-hydroxylation sites is 1. The van der Waals surface area contributed by atoms with Gasteiger partial charge in [-0.1, -0.05) is 54.1 Å². The predicted molar refractivity (Wildman–Crippen MR) is 96.3 cm³/mol. The zero-order chi connectivity index (χ0) is 18.7. The predicted octanol–water partition coefficient (Wildman–Crippen LogP) is 6.28. The van der Waals surface area contributed by atoms with E-state index in [1.807, 2.05) is 0 Å². The van der Waals surface area contributed by atoms with Crippen LogP contribution in [-0.2, 0) is 6.18 Å². The Morgan fingerprint density at radius 2 is 1.46 bits per heavy atom. The van der Waals surface area contributed by atoms with Crippen molar-refractivity contribution in [1.82, 2.24) is 0 Å². The largest absolute Gasteiger partial charge is 0.417 e. The fourth-order valence-electron chi connectivity index (χ4n) is 2.59. The first-order valence-corrected chi connectivity index (χ1v) is 8.06. The first-order chi connectivity index (χ1) is 12.4. The van der Waals surface area contributed by atoms with Crippen LogP contribution < -0.4 is 5.32 Å². The molecule has 3 rings (SSSR count). The van der Waals surface area contributed by atoms with Crippen LogP contribution in [0.3, 0.4) is 0 Å². The third-order valence-corrected chi connectivity index (χ3v) is 4.06. The van der Waals surface area contributed by atoms with E-state index in [2.05, 4.69) is 5.32 Å². The highest BCUT2D eigenvalue weighted by Crippen LogP contribution is 2.33. The Hall–Kier alpha value is -2.79. The van der Waals surface area contributed by atoms with Crippen LogP contribution in [0, 0.1) is 0 Å². The Balaban J connectivity index is 1.96. The van der Waals surface area contributed by atoms with Gasteiger partial charge in [0.15, 0.2) is 0 Å². The molecular formula is C20H13ClF3NO. The highest BCUT2D eigenvalue weighted by molar-refractivity contribution is 6.30. The lowest BCUT2D eigenvalue weighted by molar-refractivity contribution is -0.137. The van der Waals surface area contributed by atoms with Crippen molar-refractivity contribution in [3.8, 4) is 11.1 Å². The smallest absolute Gasteiger partial charge is 0.321 e. The van der Waals surface area contributed by atoms with E-state index in [0.717, 1.165) is 17.7 Å². The lowest BCUT2D eigenvalue weighted by atomic mass is 10.0. The highest BCUT2D eigenvalue weighted by Gasteiger charge is 2.34. The fraction of sp³-hybridized carbons (Fsp3) is 0.0500. The number of halogens is 4. The van der Waals surface area contributed by atoms with Gasteiger partial charge < -0.3 is 5.32 Å². The number of anilines is 1. The van der Waals surface area contributed by atoms with Gasteiger partial charge in [0.2, 0.25) is 0 Å². The monoisotopic (exact) mass is 375 g/mol. The van der Waals surface area contributed by atoms with Gasteiger partial charge >= 0.3 is 6.18 Å². The minimum atomic E-state index is -4.61. The average molecular weight is 376 g/mol. The summed E-state index contributed by atoms with van der Waals surface area (Å²) in [5.41, 5.74) is 0.487. The van der Waals surface area contributed by atoms with Crippen LogP contribution in [0.5, 0.6) is 0 Å². The second-order valence-corrected chi connectivity index (χ2v) is 5.99. The van der Waals surface area contributed by atoms with Gasteiger partial charge in [0.25, 0.3) is 5.91 Å². The Morgan fingerprint density at radius 3 is 2.15 bits per heavy atom. The molecular weight excluding hydrogens is 363 g/mol. The zero-order valence-corrected chi connectivity index (χ0v) is 14.1. The number of carbonyl (C=O) groups is 1. The van der Waals surface area contributed by atoms with Crippen molar-refractivity contribution in [2.75, 3.05) is 5.32 Å². The van der Waals surface area contributed by atoms with Gasteiger partial charge in [0, 0.05) is 16.3 Å². The van der Waals surface area contributed by atoms with Crippen LogP contribution in [-0.4, -0.2) is 5.91 Å². The average Bonchev–Trinajstić information content (AvgIpc) is 2.62. The summed E-state index contributed by atoms with van der Waals surface area (Å²) in [4.78, 5) is 12.5. The van der Waals surface area contributed by atoms with Crippen LogP contribution in [0.2, 0.25) is 5.02 Å². The topological polar surface area (TPSA) is 29.1 Å². The molecule has 0 bridgehead atoms. The maximum absolute atomic E-state index is 13.1. The van der Waals surface area contributed by atoms with Crippen LogP contribution in [0.4, 0.5) is 18.9 Å². The molecule has 0 radical (unpaired) electrons. The molecule has 0 aliphatic heterocycles. The maximum atomic E-state index is 13.1. The second kappa shape index (κ2) is 7.22. The minimum absolute atomic E-state index is 0.414. The van der Waals surface area contributed by atoms with Crippen LogP contribution in [0.15, 0.2) is 72.8 Å². The van der Waals surface area contributed by atoms with E-state index in [0.29, 0.717) is 16.3 Å². The van der Waals surface area contributed by atoms with Crippen LogP contribution >= 0.6 is 11.6 Å². The van der Waals surface area contributed by atoms with Crippen molar-refractivity contribution >= 4 is 23.2 Å². The van der Waals surface area contributed by atoms with Crippen molar-refractivity contribution in [1.29, 1.82) is 0 Å². The summed E-state index contributed by atoms with van der Waals surface area (Å²) >= 11 is 5.89. The first-order valence-electron chi connectivity index (χ1n) is 7.69. The van der Waals surface area contributed by atoms with E-state index in [9.17, 15) is 18.0 Å². The number of alkyl halides is 3. The number of rotatable bonds is 3. The van der Waals surface area contributed by atoms with Crippen molar-refractivity contribution in [2.45, 2.75) is 6.18 Å². The van der Waals surface area contributed by atoms with Gasteiger partial charge in [0.05, 0.1) is 11.1 Å². The van der Waals surface area contributed by atoms with Crippen LogP contribution in [0.25, 0.3) is 11.1 Å². The SMILES string of the molecule is O=C(Nc1ccccc1-c1ccc(Cl)cc1)c1ccccc1C(F)(F)F. The Kier molecular flexibility index (Phi) is 5.00. The standard InChI is InChI=1S/C20H13ClF3NO/c21-14-11-9-13(10-12-14)15-5-2-4-8-18(15)25-19(26)16-6-1-3-7-17(16)20(22,23)24/h1-12H,(H,25,26). The fourth-order valence-corrected chi connectivity index (χ4v) is 2.72. The number of amides is 1. The highest BCUT2D eigenvalue weighted by atomic mass is 35.5. The molecule has 1 amide bonds. The lowest BCUT2D eigenvalue weighted by Gasteiger charge is -2.15. The van der Waals surface area contributed by atoms with Crippen molar-refractivity contribution in [3.63, 3.8) is 0 Å². The molecule has 0 atom stereocenters.